The maximum absolute atomic E-state index is 11.7. The predicted octanol–water partition coefficient (Wildman–Crippen LogP) is 1.70. The van der Waals surface area contributed by atoms with Gasteiger partial charge in [-0.2, -0.15) is 5.10 Å². The number of hydrogen-bond donors (Lipinski definition) is 2. The van der Waals surface area contributed by atoms with Gasteiger partial charge < -0.3 is 10.6 Å². The summed E-state index contributed by atoms with van der Waals surface area (Å²) in [5, 5.41) is 10.5. The fourth-order valence-corrected chi connectivity index (χ4v) is 2.53. The van der Waals surface area contributed by atoms with Crippen LogP contribution in [0.5, 0.6) is 0 Å². The third kappa shape index (κ3) is 7.69. The summed E-state index contributed by atoms with van der Waals surface area (Å²) in [5.74, 6) is 0.875. The molecule has 1 amide bonds. The van der Waals surface area contributed by atoms with Crippen molar-refractivity contribution in [3.8, 4) is 0 Å². The molecule has 5 nitrogen and oxygen atoms in total. The Morgan fingerprint density at radius 1 is 1.52 bits per heavy atom. The molecule has 0 radical (unpaired) electrons. The van der Waals surface area contributed by atoms with E-state index in [0.29, 0.717) is 6.42 Å². The van der Waals surface area contributed by atoms with E-state index in [0.717, 1.165) is 44.0 Å². The lowest BCUT2D eigenvalue weighted by Gasteiger charge is -2.22. The van der Waals surface area contributed by atoms with E-state index in [1.165, 1.54) is 12.8 Å². The van der Waals surface area contributed by atoms with Gasteiger partial charge in [0, 0.05) is 26.2 Å². The van der Waals surface area contributed by atoms with E-state index in [2.05, 4.69) is 15.7 Å². The highest BCUT2D eigenvalue weighted by atomic mass is 35.5. The molecule has 1 fully saturated rings. The van der Waals surface area contributed by atoms with Gasteiger partial charge in [0.05, 0.1) is 6.20 Å². The number of piperidine rings is 1. The average molecular weight is 337 g/mol. The zero-order chi connectivity index (χ0) is 13.5. The van der Waals surface area contributed by atoms with Crippen molar-refractivity contribution >= 4 is 30.7 Å². The smallest absolute Gasteiger partial charge is 0.220 e. The molecule has 1 aromatic heterocycles. The van der Waals surface area contributed by atoms with Gasteiger partial charge in [-0.3, -0.25) is 9.48 Å². The Hall–Kier alpha value is -0.780. The maximum Gasteiger partial charge on any atom is 0.220 e. The number of amides is 1. The SMILES string of the molecule is Cl.Cl.Cn1cc(CCC(=O)NCCC2CCCNC2)cn1. The molecule has 122 valence electrons. The van der Waals surface area contributed by atoms with Crippen molar-refractivity contribution in [2.24, 2.45) is 13.0 Å². The van der Waals surface area contributed by atoms with Gasteiger partial charge in [-0.15, -0.1) is 24.8 Å². The predicted molar refractivity (Wildman–Crippen MR) is 89.2 cm³/mol. The minimum absolute atomic E-state index is 0. The Bertz CT molecular complexity index is 405. The summed E-state index contributed by atoms with van der Waals surface area (Å²) in [7, 11) is 1.89. The van der Waals surface area contributed by atoms with Crippen molar-refractivity contribution in [1.29, 1.82) is 0 Å². The summed E-state index contributed by atoms with van der Waals surface area (Å²) < 4.78 is 1.77. The Labute approximate surface area is 139 Å². The van der Waals surface area contributed by atoms with E-state index in [1.54, 1.807) is 4.68 Å². The molecule has 1 atom stereocenters. The van der Waals surface area contributed by atoms with E-state index in [9.17, 15) is 4.79 Å². The van der Waals surface area contributed by atoms with Crippen LogP contribution in [0.3, 0.4) is 0 Å². The van der Waals surface area contributed by atoms with E-state index < -0.39 is 0 Å². The van der Waals surface area contributed by atoms with E-state index in [4.69, 9.17) is 0 Å². The molecule has 0 aliphatic carbocycles. The molecule has 0 bridgehead atoms. The average Bonchev–Trinajstić information content (AvgIpc) is 2.83. The fraction of sp³-hybridized carbons (Fsp3) is 0.714. The lowest BCUT2D eigenvalue weighted by atomic mass is 9.96. The van der Waals surface area contributed by atoms with E-state index in [1.807, 2.05) is 19.4 Å². The second kappa shape index (κ2) is 10.9. The minimum atomic E-state index is 0. The highest BCUT2D eigenvalue weighted by Crippen LogP contribution is 2.12. The molecule has 1 aromatic rings. The van der Waals surface area contributed by atoms with Gasteiger partial charge in [0.15, 0.2) is 0 Å². The number of aryl methyl sites for hydroxylation is 2. The van der Waals surface area contributed by atoms with Gasteiger partial charge >= 0.3 is 0 Å². The van der Waals surface area contributed by atoms with Crippen LogP contribution >= 0.6 is 24.8 Å². The largest absolute Gasteiger partial charge is 0.356 e. The number of nitrogens with one attached hydrogen (secondary N) is 2. The van der Waals surface area contributed by atoms with Crippen LogP contribution in [-0.4, -0.2) is 35.3 Å². The van der Waals surface area contributed by atoms with Crippen molar-refractivity contribution in [1.82, 2.24) is 20.4 Å². The van der Waals surface area contributed by atoms with Crippen molar-refractivity contribution in [2.75, 3.05) is 19.6 Å². The molecule has 2 rings (SSSR count). The number of carbonyl (C=O) groups is 1. The summed E-state index contributed by atoms with van der Waals surface area (Å²) in [6, 6.07) is 0. The van der Waals surface area contributed by atoms with Crippen LogP contribution in [-0.2, 0) is 18.3 Å². The molecule has 1 saturated heterocycles. The zero-order valence-electron chi connectivity index (χ0n) is 12.5. The summed E-state index contributed by atoms with van der Waals surface area (Å²) in [5.41, 5.74) is 1.12. The van der Waals surface area contributed by atoms with Crippen LogP contribution in [0.1, 0.15) is 31.2 Å². The molecule has 0 aromatic carbocycles. The topological polar surface area (TPSA) is 59.0 Å². The second-order valence-electron chi connectivity index (χ2n) is 5.37. The Balaban J connectivity index is 0.00000200. The monoisotopic (exact) mass is 336 g/mol. The second-order valence-corrected chi connectivity index (χ2v) is 5.37. The highest BCUT2D eigenvalue weighted by molar-refractivity contribution is 5.85. The minimum Gasteiger partial charge on any atom is -0.356 e. The van der Waals surface area contributed by atoms with Gasteiger partial charge in [-0.1, -0.05) is 0 Å². The Morgan fingerprint density at radius 2 is 2.33 bits per heavy atom. The van der Waals surface area contributed by atoms with Gasteiger partial charge in [0.1, 0.15) is 0 Å². The van der Waals surface area contributed by atoms with Crippen LogP contribution in [0, 0.1) is 5.92 Å². The van der Waals surface area contributed by atoms with Crippen molar-refractivity contribution in [3.05, 3.63) is 18.0 Å². The summed E-state index contributed by atoms with van der Waals surface area (Å²) >= 11 is 0. The van der Waals surface area contributed by atoms with Crippen LogP contribution in [0.2, 0.25) is 0 Å². The molecular weight excluding hydrogens is 311 g/mol. The molecule has 1 unspecified atom stereocenters. The number of aromatic nitrogens is 2. The first-order valence-corrected chi connectivity index (χ1v) is 7.19. The first-order chi connectivity index (χ1) is 9.24. The maximum atomic E-state index is 11.7. The van der Waals surface area contributed by atoms with Gasteiger partial charge in [-0.05, 0) is 50.3 Å². The van der Waals surface area contributed by atoms with Gasteiger partial charge in [0.25, 0.3) is 0 Å². The normalized spacial score (nSPS) is 17.5. The Morgan fingerprint density at radius 3 is 2.95 bits per heavy atom. The highest BCUT2D eigenvalue weighted by Gasteiger charge is 2.12. The fourth-order valence-electron chi connectivity index (χ4n) is 2.53. The number of rotatable bonds is 6. The molecule has 2 N–H and O–H groups in total. The Kier molecular flexibility index (Phi) is 10.5. The molecule has 2 heterocycles. The molecule has 7 heteroatoms. The molecule has 1 aliphatic heterocycles. The molecule has 0 saturated carbocycles. The molecular formula is C14H26Cl2N4O. The summed E-state index contributed by atoms with van der Waals surface area (Å²) in [4.78, 5) is 11.7. The summed E-state index contributed by atoms with van der Waals surface area (Å²) in [6.45, 7) is 3.05. The number of hydrogen-bond acceptors (Lipinski definition) is 3. The van der Waals surface area contributed by atoms with Crippen LogP contribution in [0.4, 0.5) is 0 Å². The van der Waals surface area contributed by atoms with Gasteiger partial charge in [-0.25, -0.2) is 0 Å². The first kappa shape index (κ1) is 20.2. The lowest BCUT2D eigenvalue weighted by molar-refractivity contribution is -0.121. The molecule has 0 spiro atoms. The number of carbonyl (C=O) groups excluding carboxylic acids is 1. The van der Waals surface area contributed by atoms with E-state index >= 15 is 0 Å². The van der Waals surface area contributed by atoms with Crippen molar-refractivity contribution < 1.29 is 4.79 Å². The lowest BCUT2D eigenvalue weighted by Crippen LogP contribution is -2.33. The van der Waals surface area contributed by atoms with Crippen LogP contribution < -0.4 is 10.6 Å². The molecule has 1 aliphatic rings. The zero-order valence-corrected chi connectivity index (χ0v) is 14.1. The number of halogens is 2. The summed E-state index contributed by atoms with van der Waals surface area (Å²) in [6.07, 6.45) is 8.74. The first-order valence-electron chi connectivity index (χ1n) is 7.19. The van der Waals surface area contributed by atoms with Crippen molar-refractivity contribution in [3.63, 3.8) is 0 Å². The number of nitrogens with zero attached hydrogens (tertiary/aromatic N) is 2. The van der Waals surface area contributed by atoms with Crippen LogP contribution in [0.15, 0.2) is 12.4 Å². The quantitative estimate of drug-likeness (QED) is 0.831. The third-order valence-corrected chi connectivity index (χ3v) is 3.67. The van der Waals surface area contributed by atoms with E-state index in [-0.39, 0.29) is 30.7 Å². The standard InChI is InChI=1S/C14H24N4O.2ClH/c1-18-11-13(10-17-18)4-5-14(19)16-8-6-12-3-2-7-15-9-12;;/h10-12,15H,2-9H2,1H3,(H,16,19);2*1H. The van der Waals surface area contributed by atoms with Crippen LogP contribution in [0.25, 0.3) is 0 Å². The molecule has 21 heavy (non-hydrogen) atoms. The third-order valence-electron chi connectivity index (χ3n) is 3.67. The van der Waals surface area contributed by atoms with Gasteiger partial charge in [0.2, 0.25) is 5.91 Å². The van der Waals surface area contributed by atoms with Crippen molar-refractivity contribution in [2.45, 2.75) is 32.1 Å².